The van der Waals surface area contributed by atoms with Gasteiger partial charge in [0, 0.05) is 6.04 Å². The minimum Gasteiger partial charge on any atom is -0.310 e. The second-order valence-corrected chi connectivity index (χ2v) is 4.95. The van der Waals surface area contributed by atoms with E-state index in [1.165, 1.54) is 37.8 Å². The van der Waals surface area contributed by atoms with Crippen molar-refractivity contribution in [2.75, 3.05) is 6.54 Å². The number of rotatable bonds is 4. The molecule has 1 unspecified atom stereocenters. The monoisotopic (exact) mass is 239 g/mol. The fraction of sp³-hybridized carbons (Fsp3) is 0.571. The summed E-state index contributed by atoms with van der Waals surface area (Å²) in [5.74, 6) is -0.795. The highest BCUT2D eigenvalue weighted by atomic mass is 19.2. The zero-order chi connectivity index (χ0) is 12.3. The molecule has 1 aliphatic rings. The Labute approximate surface area is 101 Å². The predicted octanol–water partition coefficient (Wildman–Crippen LogP) is 3.81. The first-order valence-corrected chi connectivity index (χ1v) is 6.35. The lowest BCUT2D eigenvalue weighted by atomic mass is 10.1. The molecule has 1 atom stereocenters. The highest BCUT2D eigenvalue weighted by molar-refractivity contribution is 5.20. The van der Waals surface area contributed by atoms with Crippen LogP contribution in [0.25, 0.3) is 0 Å². The van der Waals surface area contributed by atoms with E-state index in [4.69, 9.17) is 0 Å². The lowest BCUT2D eigenvalue weighted by molar-refractivity contribution is 0.449. The zero-order valence-corrected chi connectivity index (χ0v) is 10.2. The lowest BCUT2D eigenvalue weighted by Gasteiger charge is -2.17. The molecule has 1 aromatic carbocycles. The molecule has 0 aliphatic heterocycles. The van der Waals surface area contributed by atoms with E-state index >= 15 is 0 Å². The summed E-state index contributed by atoms with van der Waals surface area (Å²) in [4.78, 5) is 0. The van der Waals surface area contributed by atoms with Gasteiger partial charge in [-0.1, -0.05) is 18.9 Å². The third kappa shape index (κ3) is 3.25. The molecule has 17 heavy (non-hydrogen) atoms. The first kappa shape index (κ1) is 12.5. The summed E-state index contributed by atoms with van der Waals surface area (Å²) < 4.78 is 25.9. The molecule has 1 N–H and O–H groups in total. The summed E-state index contributed by atoms with van der Waals surface area (Å²) in [5, 5.41) is 3.40. The van der Waals surface area contributed by atoms with Gasteiger partial charge in [-0.2, -0.15) is 0 Å². The Hall–Kier alpha value is -0.960. The van der Waals surface area contributed by atoms with Crippen molar-refractivity contribution in [2.24, 2.45) is 5.92 Å². The molecule has 1 aliphatic carbocycles. The maximum Gasteiger partial charge on any atom is 0.159 e. The Morgan fingerprint density at radius 2 is 1.94 bits per heavy atom. The number of benzene rings is 1. The van der Waals surface area contributed by atoms with Crippen molar-refractivity contribution < 1.29 is 8.78 Å². The summed E-state index contributed by atoms with van der Waals surface area (Å²) in [6, 6.07) is 4.19. The number of halogens is 2. The molecule has 1 fully saturated rings. The molecule has 1 aromatic rings. The number of hydrogen-bond acceptors (Lipinski definition) is 1. The summed E-state index contributed by atoms with van der Waals surface area (Å²) in [7, 11) is 0. The molecule has 0 bridgehead atoms. The van der Waals surface area contributed by atoms with E-state index in [0.717, 1.165) is 18.0 Å². The Morgan fingerprint density at radius 3 is 2.59 bits per heavy atom. The molecular weight excluding hydrogens is 220 g/mol. The Balaban J connectivity index is 1.89. The molecule has 2 rings (SSSR count). The van der Waals surface area contributed by atoms with Gasteiger partial charge in [-0.3, -0.25) is 0 Å². The smallest absolute Gasteiger partial charge is 0.159 e. The molecule has 0 aromatic heterocycles. The quantitative estimate of drug-likeness (QED) is 0.842. The Morgan fingerprint density at radius 1 is 1.24 bits per heavy atom. The summed E-state index contributed by atoms with van der Waals surface area (Å²) in [6.07, 6.45) is 5.23. The molecule has 94 valence electrons. The van der Waals surface area contributed by atoms with Crippen molar-refractivity contribution in [3.63, 3.8) is 0 Å². The first-order valence-electron chi connectivity index (χ1n) is 6.35. The van der Waals surface area contributed by atoms with Crippen LogP contribution in [0.3, 0.4) is 0 Å². The highest BCUT2D eigenvalue weighted by Crippen LogP contribution is 2.25. The van der Waals surface area contributed by atoms with Crippen molar-refractivity contribution in [1.29, 1.82) is 0 Å². The SMILES string of the molecule is CC(NCC1CCCC1)c1ccc(F)c(F)c1. The zero-order valence-electron chi connectivity index (χ0n) is 10.2. The number of nitrogens with one attached hydrogen (secondary N) is 1. The molecular formula is C14H19F2N. The van der Waals surface area contributed by atoms with Gasteiger partial charge in [0.1, 0.15) is 0 Å². The van der Waals surface area contributed by atoms with Crippen LogP contribution in [0.5, 0.6) is 0 Å². The minimum absolute atomic E-state index is 0.0747. The van der Waals surface area contributed by atoms with Gasteiger partial charge in [-0.25, -0.2) is 8.78 Å². The van der Waals surface area contributed by atoms with Gasteiger partial charge < -0.3 is 5.32 Å². The van der Waals surface area contributed by atoms with Crippen LogP contribution < -0.4 is 5.32 Å². The van der Waals surface area contributed by atoms with Gasteiger partial charge >= 0.3 is 0 Å². The van der Waals surface area contributed by atoms with Crippen LogP contribution in [0.15, 0.2) is 18.2 Å². The number of hydrogen-bond donors (Lipinski definition) is 1. The van der Waals surface area contributed by atoms with E-state index in [-0.39, 0.29) is 6.04 Å². The topological polar surface area (TPSA) is 12.0 Å². The van der Waals surface area contributed by atoms with Crippen LogP contribution in [0, 0.1) is 17.6 Å². The van der Waals surface area contributed by atoms with Gasteiger partial charge in [0.05, 0.1) is 0 Å². The van der Waals surface area contributed by atoms with Crippen LogP contribution >= 0.6 is 0 Å². The van der Waals surface area contributed by atoms with Gasteiger partial charge in [-0.15, -0.1) is 0 Å². The largest absolute Gasteiger partial charge is 0.310 e. The molecule has 1 nitrogen and oxygen atoms in total. The maximum absolute atomic E-state index is 13.1. The van der Waals surface area contributed by atoms with Crippen molar-refractivity contribution in [3.05, 3.63) is 35.4 Å². The van der Waals surface area contributed by atoms with E-state index in [2.05, 4.69) is 5.32 Å². The minimum atomic E-state index is -0.781. The third-order valence-electron chi connectivity index (χ3n) is 3.63. The Kier molecular flexibility index (Phi) is 4.11. The molecule has 1 saturated carbocycles. The van der Waals surface area contributed by atoms with Crippen molar-refractivity contribution >= 4 is 0 Å². The van der Waals surface area contributed by atoms with Crippen molar-refractivity contribution in [2.45, 2.75) is 38.6 Å². The van der Waals surface area contributed by atoms with Crippen LogP contribution in [0.2, 0.25) is 0 Å². The second kappa shape index (κ2) is 5.58. The van der Waals surface area contributed by atoms with Gasteiger partial charge in [-0.05, 0) is 49.9 Å². The molecule has 0 heterocycles. The molecule has 0 spiro atoms. The molecule has 0 radical (unpaired) electrons. The highest BCUT2D eigenvalue weighted by Gasteiger charge is 2.16. The fourth-order valence-electron chi connectivity index (χ4n) is 2.46. The average molecular weight is 239 g/mol. The van der Waals surface area contributed by atoms with E-state index in [9.17, 15) is 8.78 Å². The van der Waals surface area contributed by atoms with Crippen molar-refractivity contribution in [1.82, 2.24) is 5.32 Å². The van der Waals surface area contributed by atoms with E-state index < -0.39 is 11.6 Å². The van der Waals surface area contributed by atoms with Crippen LogP contribution in [0.4, 0.5) is 8.78 Å². The predicted molar refractivity (Wildman–Crippen MR) is 64.7 cm³/mol. The van der Waals surface area contributed by atoms with Gasteiger partial charge in [0.15, 0.2) is 11.6 Å². The van der Waals surface area contributed by atoms with E-state index in [0.29, 0.717) is 0 Å². The molecule has 0 amide bonds. The fourth-order valence-corrected chi connectivity index (χ4v) is 2.46. The normalized spacial score (nSPS) is 18.5. The Bertz CT molecular complexity index is 372. The first-order chi connectivity index (χ1) is 8.16. The van der Waals surface area contributed by atoms with E-state index in [1.54, 1.807) is 6.07 Å². The van der Waals surface area contributed by atoms with Crippen LogP contribution in [-0.4, -0.2) is 6.54 Å². The standard InChI is InChI=1S/C14H19F2N/c1-10(17-9-11-4-2-3-5-11)12-6-7-13(15)14(16)8-12/h6-8,10-11,17H,2-5,9H2,1H3. The molecule has 3 heteroatoms. The lowest BCUT2D eigenvalue weighted by Crippen LogP contribution is -2.24. The second-order valence-electron chi connectivity index (χ2n) is 4.95. The van der Waals surface area contributed by atoms with Crippen LogP contribution in [0.1, 0.15) is 44.2 Å². The summed E-state index contributed by atoms with van der Waals surface area (Å²) >= 11 is 0. The molecule has 0 saturated heterocycles. The van der Waals surface area contributed by atoms with Crippen LogP contribution in [-0.2, 0) is 0 Å². The van der Waals surface area contributed by atoms with Gasteiger partial charge in [0.25, 0.3) is 0 Å². The average Bonchev–Trinajstić information content (AvgIpc) is 2.82. The van der Waals surface area contributed by atoms with Gasteiger partial charge in [0.2, 0.25) is 0 Å². The summed E-state index contributed by atoms with van der Waals surface area (Å²) in [5.41, 5.74) is 0.807. The van der Waals surface area contributed by atoms with E-state index in [1.807, 2.05) is 6.92 Å². The maximum atomic E-state index is 13.1. The summed E-state index contributed by atoms with van der Waals surface area (Å²) in [6.45, 7) is 2.96. The third-order valence-corrected chi connectivity index (χ3v) is 3.63. The van der Waals surface area contributed by atoms with Crippen molar-refractivity contribution in [3.8, 4) is 0 Å².